The minimum Gasteiger partial charge on any atom is -0.480 e. The third-order valence-corrected chi connectivity index (χ3v) is 13.5. The first-order chi connectivity index (χ1) is 26.2. The number of aryl methyl sites for hydroxylation is 1. The van der Waals surface area contributed by atoms with Gasteiger partial charge in [0.25, 0.3) is 0 Å². The Balaban J connectivity index is 1.04. The van der Waals surface area contributed by atoms with Gasteiger partial charge in [-0.05, 0) is 94.0 Å². The summed E-state index contributed by atoms with van der Waals surface area (Å²) >= 11 is 7.95. The maximum atomic E-state index is 13.4. The molecule has 0 radical (unpaired) electrons. The predicted molar refractivity (Wildman–Crippen MR) is 208 cm³/mol. The van der Waals surface area contributed by atoms with Crippen molar-refractivity contribution in [3.05, 3.63) is 52.5 Å². The first-order valence-corrected chi connectivity index (χ1v) is 21.7. The summed E-state index contributed by atoms with van der Waals surface area (Å²) in [6.07, 6.45) is 7.39. The fraction of sp³-hybridized carbons (Fsp3) is 0.605. The standard InChI is InChI=1S/C38H52ClN5O9S2/c1-23(35(45)44-16-6-9-31(44)36(46)47)41-29(37(48)51-21-27-22-52-38(2,3)53-27)15-14-24-10-12-26(13-11-24)20-40-55(49,50)33-19-32-30(18-28(33)39)42-34(43-54-32)17-25-7-4-5-8-25/h10-13,18-19,23,25,27,29,31,34,40-43H,4-9,14-17,20-22H2,1-3H3,(H,46,47)/t23-,27+,29?,31-,34?/m0/s1. The van der Waals surface area contributed by atoms with Gasteiger partial charge in [-0.1, -0.05) is 61.5 Å². The molecule has 1 amide bonds. The molecule has 0 spiro atoms. The van der Waals surface area contributed by atoms with E-state index in [0.717, 1.165) is 28.1 Å². The molecule has 0 bridgehead atoms. The number of aliphatic carboxylic acids is 1. The molecule has 6 rings (SSSR count). The zero-order chi connectivity index (χ0) is 39.3. The number of hydrogen-bond acceptors (Lipinski definition) is 12. The molecule has 3 heterocycles. The molecular formula is C38H52ClN5O9S2. The number of carbonyl (C=O) groups excluding carboxylic acids is 2. The number of carboxylic acids is 1. The van der Waals surface area contributed by atoms with Gasteiger partial charge in [0.05, 0.1) is 29.5 Å². The van der Waals surface area contributed by atoms with Crippen LogP contribution in [0.2, 0.25) is 5.02 Å². The van der Waals surface area contributed by atoms with Crippen molar-refractivity contribution in [2.45, 2.75) is 131 Å². The number of ether oxygens (including phenoxy) is 3. The van der Waals surface area contributed by atoms with Gasteiger partial charge in [0.15, 0.2) is 5.79 Å². The van der Waals surface area contributed by atoms with Crippen LogP contribution in [0, 0.1) is 5.92 Å². The Kier molecular flexibility index (Phi) is 13.7. The van der Waals surface area contributed by atoms with Crippen LogP contribution in [0.3, 0.4) is 0 Å². The number of nitrogens with zero attached hydrogens (tertiary/aromatic N) is 1. The molecule has 14 nitrogen and oxygen atoms in total. The van der Waals surface area contributed by atoms with Crippen molar-refractivity contribution >= 4 is 57.1 Å². The lowest BCUT2D eigenvalue weighted by Gasteiger charge is -2.29. The van der Waals surface area contributed by atoms with Crippen LogP contribution in [0.5, 0.6) is 0 Å². The number of hydrogen-bond donors (Lipinski definition) is 5. The third kappa shape index (κ3) is 10.9. The van der Waals surface area contributed by atoms with Crippen molar-refractivity contribution in [1.29, 1.82) is 0 Å². The quantitative estimate of drug-likeness (QED) is 0.115. The molecule has 2 aromatic carbocycles. The van der Waals surface area contributed by atoms with Gasteiger partial charge < -0.3 is 29.5 Å². The summed E-state index contributed by atoms with van der Waals surface area (Å²) in [4.78, 5) is 40.5. The molecule has 2 saturated heterocycles. The Hall–Kier alpha value is -2.96. The van der Waals surface area contributed by atoms with Gasteiger partial charge in [-0.2, -0.15) is 0 Å². The van der Waals surface area contributed by atoms with Gasteiger partial charge in [-0.25, -0.2) is 22.7 Å². The number of fused-ring (bicyclic) bond motifs is 1. The highest BCUT2D eigenvalue weighted by Gasteiger charge is 2.38. The second-order valence-corrected chi connectivity index (χ2v) is 18.3. The largest absolute Gasteiger partial charge is 0.480 e. The highest BCUT2D eigenvalue weighted by atomic mass is 35.5. The lowest BCUT2D eigenvalue weighted by Crippen LogP contribution is -2.53. The fourth-order valence-corrected chi connectivity index (χ4v) is 10.1. The number of carboxylic acid groups (broad SMARTS) is 1. The summed E-state index contributed by atoms with van der Waals surface area (Å²) in [5.74, 6) is -2.10. The zero-order valence-corrected chi connectivity index (χ0v) is 33.9. The number of likely N-dealkylation sites (tertiary alicyclic amines) is 1. The summed E-state index contributed by atoms with van der Waals surface area (Å²) in [5, 5.41) is 16.3. The number of benzene rings is 2. The van der Waals surface area contributed by atoms with E-state index in [4.69, 9.17) is 25.8 Å². The van der Waals surface area contributed by atoms with E-state index in [1.54, 1.807) is 32.9 Å². The molecule has 2 unspecified atom stereocenters. The molecule has 5 N–H and O–H groups in total. The first-order valence-electron chi connectivity index (χ1n) is 19.0. The van der Waals surface area contributed by atoms with Crippen LogP contribution in [0.1, 0.15) is 83.3 Å². The number of halogens is 1. The number of anilines is 1. The average molecular weight is 822 g/mol. The Morgan fingerprint density at radius 2 is 1.84 bits per heavy atom. The summed E-state index contributed by atoms with van der Waals surface area (Å²) in [6, 6.07) is 8.00. The lowest BCUT2D eigenvalue weighted by molar-refractivity contribution is -0.160. The summed E-state index contributed by atoms with van der Waals surface area (Å²) in [7, 11) is -3.94. The van der Waals surface area contributed by atoms with E-state index in [9.17, 15) is 27.9 Å². The van der Waals surface area contributed by atoms with Gasteiger partial charge in [-0.15, -0.1) is 0 Å². The predicted octanol–water partition coefficient (Wildman–Crippen LogP) is 4.80. The fourth-order valence-electron chi connectivity index (χ4n) is 7.67. The van der Waals surface area contributed by atoms with Gasteiger partial charge in [0.1, 0.15) is 29.7 Å². The summed E-state index contributed by atoms with van der Waals surface area (Å²) in [5.41, 5.74) is 2.42. The van der Waals surface area contributed by atoms with Crippen molar-refractivity contribution in [2.24, 2.45) is 5.92 Å². The van der Waals surface area contributed by atoms with Crippen LogP contribution in [0.15, 0.2) is 46.2 Å². The number of nitrogens with one attached hydrogen (secondary N) is 4. The van der Waals surface area contributed by atoms with Crippen molar-refractivity contribution in [2.75, 3.05) is 25.1 Å². The molecule has 302 valence electrons. The van der Waals surface area contributed by atoms with E-state index >= 15 is 0 Å². The third-order valence-electron chi connectivity index (χ3n) is 10.6. The summed E-state index contributed by atoms with van der Waals surface area (Å²) < 4.78 is 49.8. The molecule has 1 aliphatic carbocycles. The monoisotopic (exact) mass is 821 g/mol. The van der Waals surface area contributed by atoms with E-state index in [2.05, 4.69) is 20.1 Å². The summed E-state index contributed by atoms with van der Waals surface area (Å²) in [6.45, 7) is 5.80. The number of rotatable bonds is 16. The Morgan fingerprint density at radius 3 is 2.53 bits per heavy atom. The minimum atomic E-state index is -3.94. The van der Waals surface area contributed by atoms with Gasteiger partial charge in [-0.3, -0.25) is 14.9 Å². The Bertz CT molecular complexity index is 1810. The topological polar surface area (TPSA) is 185 Å². The van der Waals surface area contributed by atoms with Gasteiger partial charge in [0.2, 0.25) is 15.9 Å². The maximum Gasteiger partial charge on any atom is 0.326 e. The molecule has 1 saturated carbocycles. The van der Waals surface area contributed by atoms with Crippen LogP contribution in [0.25, 0.3) is 0 Å². The maximum absolute atomic E-state index is 13.4. The number of esters is 1. The molecule has 3 fully saturated rings. The lowest BCUT2D eigenvalue weighted by atomic mass is 10.0. The van der Waals surface area contributed by atoms with Crippen molar-refractivity contribution < 1.29 is 42.1 Å². The Morgan fingerprint density at radius 1 is 1.11 bits per heavy atom. The Labute approximate surface area is 332 Å². The van der Waals surface area contributed by atoms with E-state index in [1.807, 2.05) is 24.3 Å². The molecular weight excluding hydrogens is 770 g/mol. The van der Waals surface area contributed by atoms with Crippen LogP contribution < -0.4 is 20.1 Å². The average Bonchev–Trinajstić information content (AvgIpc) is 3.93. The van der Waals surface area contributed by atoms with E-state index in [-0.39, 0.29) is 42.3 Å². The number of sulfonamides is 1. The molecule has 17 heteroatoms. The second-order valence-electron chi connectivity index (χ2n) is 15.3. The van der Waals surface area contributed by atoms with Crippen LogP contribution in [-0.4, -0.2) is 92.2 Å². The minimum absolute atomic E-state index is 0.00645. The van der Waals surface area contributed by atoms with Crippen molar-refractivity contribution in [3.63, 3.8) is 0 Å². The van der Waals surface area contributed by atoms with E-state index in [1.165, 1.54) is 42.5 Å². The molecule has 55 heavy (non-hydrogen) atoms. The molecule has 2 aromatic rings. The van der Waals surface area contributed by atoms with E-state index < -0.39 is 57.9 Å². The van der Waals surface area contributed by atoms with Crippen LogP contribution >= 0.6 is 23.5 Å². The van der Waals surface area contributed by atoms with E-state index in [0.29, 0.717) is 31.7 Å². The molecule has 4 aliphatic rings. The second kappa shape index (κ2) is 18.1. The SMILES string of the molecule is C[C@H](NC(CCc1ccc(CNS(=O)(=O)c2cc3c(cc2Cl)NC(CC2CCCC2)NS3)cc1)C(=O)OC[C@@H]1COC(C)(C)O1)C(=O)N1CCC[C@H]1C(=O)O. The number of amides is 1. The highest BCUT2D eigenvalue weighted by molar-refractivity contribution is 7.97. The normalized spacial score (nSPS) is 23.6. The smallest absolute Gasteiger partial charge is 0.326 e. The number of carbonyl (C=O) groups is 3. The van der Waals surface area contributed by atoms with Gasteiger partial charge >= 0.3 is 11.9 Å². The molecule has 3 aliphatic heterocycles. The van der Waals surface area contributed by atoms with Crippen molar-refractivity contribution in [3.8, 4) is 0 Å². The van der Waals surface area contributed by atoms with Crippen molar-refractivity contribution in [1.82, 2.24) is 19.7 Å². The first kappa shape index (κ1) is 41.7. The molecule has 0 aromatic heterocycles. The zero-order valence-electron chi connectivity index (χ0n) is 31.5. The van der Waals surface area contributed by atoms with Crippen LogP contribution in [-0.2, 0) is 51.6 Å². The van der Waals surface area contributed by atoms with Gasteiger partial charge in [0, 0.05) is 18.0 Å². The highest BCUT2D eigenvalue weighted by Crippen LogP contribution is 2.38. The van der Waals surface area contributed by atoms with Crippen LogP contribution in [0.4, 0.5) is 5.69 Å². The molecule has 5 atom stereocenters.